The van der Waals surface area contributed by atoms with Gasteiger partial charge in [-0.3, -0.25) is 9.69 Å². The Labute approximate surface area is 131 Å². The molecule has 0 radical (unpaired) electrons. The largest absolute Gasteiger partial charge is 0.351 e. The normalized spacial score (nSPS) is 17.7. The molecule has 1 aliphatic heterocycles. The first-order valence-electron chi connectivity index (χ1n) is 7.74. The third-order valence-corrected chi connectivity index (χ3v) is 4.48. The number of aromatic nitrogens is 1. The molecule has 4 nitrogen and oxygen atoms in total. The summed E-state index contributed by atoms with van der Waals surface area (Å²) in [6.45, 7) is 7.56. The first-order chi connectivity index (χ1) is 10.1. The fraction of sp³-hybridized carbons (Fsp3) is 0.625. The Morgan fingerprint density at radius 3 is 2.86 bits per heavy atom. The van der Waals surface area contributed by atoms with Gasteiger partial charge in [0.1, 0.15) is 5.01 Å². The van der Waals surface area contributed by atoms with Gasteiger partial charge in [-0.1, -0.05) is 13.8 Å². The highest BCUT2D eigenvalue weighted by Gasteiger charge is 2.22. The summed E-state index contributed by atoms with van der Waals surface area (Å²) in [5.74, 6) is 0.622. The number of nitrogens with zero attached hydrogens (tertiary/aromatic N) is 2. The van der Waals surface area contributed by atoms with Crippen LogP contribution in [-0.2, 0) is 4.79 Å². The van der Waals surface area contributed by atoms with E-state index in [1.807, 2.05) is 5.38 Å². The molecule has 5 heteroatoms. The van der Waals surface area contributed by atoms with Crippen LogP contribution in [0.15, 0.2) is 17.7 Å². The van der Waals surface area contributed by atoms with E-state index in [1.165, 1.54) is 37.3 Å². The Morgan fingerprint density at radius 1 is 1.48 bits per heavy atom. The van der Waals surface area contributed by atoms with Crippen molar-refractivity contribution in [2.45, 2.75) is 39.2 Å². The maximum atomic E-state index is 11.9. The number of carbonyl (C=O) groups is 1. The molecule has 1 fully saturated rings. The SMILES string of the molecule is CC(C)CC(CNC(=O)/C=C/c1nccs1)N1CCCC1. The lowest BCUT2D eigenvalue weighted by Gasteiger charge is -2.29. The Bertz CT molecular complexity index is 450. The Hall–Kier alpha value is -1.20. The van der Waals surface area contributed by atoms with Crippen molar-refractivity contribution in [1.82, 2.24) is 15.2 Å². The molecule has 1 amide bonds. The molecule has 0 bridgehead atoms. The molecule has 1 aromatic heterocycles. The summed E-state index contributed by atoms with van der Waals surface area (Å²) < 4.78 is 0. The summed E-state index contributed by atoms with van der Waals surface area (Å²) in [6, 6.07) is 0.463. The molecule has 0 aliphatic carbocycles. The monoisotopic (exact) mass is 307 g/mol. The molecule has 21 heavy (non-hydrogen) atoms. The van der Waals surface area contributed by atoms with Crippen LogP contribution < -0.4 is 5.32 Å². The lowest BCUT2D eigenvalue weighted by Crippen LogP contribution is -2.43. The van der Waals surface area contributed by atoms with Crippen LogP contribution in [0.1, 0.15) is 38.1 Å². The van der Waals surface area contributed by atoms with E-state index in [0.29, 0.717) is 12.0 Å². The molecule has 0 aromatic carbocycles. The van der Waals surface area contributed by atoms with Gasteiger partial charge in [0.05, 0.1) is 0 Å². The maximum Gasteiger partial charge on any atom is 0.244 e. The highest BCUT2D eigenvalue weighted by molar-refractivity contribution is 7.10. The van der Waals surface area contributed by atoms with Crippen LogP contribution in [0.3, 0.4) is 0 Å². The van der Waals surface area contributed by atoms with Crippen LogP contribution >= 0.6 is 11.3 Å². The zero-order valence-electron chi connectivity index (χ0n) is 12.9. The van der Waals surface area contributed by atoms with Crippen molar-refractivity contribution in [2.75, 3.05) is 19.6 Å². The fourth-order valence-electron chi connectivity index (χ4n) is 2.75. The molecule has 2 heterocycles. The van der Waals surface area contributed by atoms with E-state index in [2.05, 4.69) is 29.0 Å². The molecule has 1 N–H and O–H groups in total. The Balaban J connectivity index is 1.81. The second-order valence-electron chi connectivity index (χ2n) is 5.98. The number of hydrogen-bond donors (Lipinski definition) is 1. The minimum absolute atomic E-state index is 0.0295. The van der Waals surface area contributed by atoms with Crippen molar-refractivity contribution in [3.05, 3.63) is 22.7 Å². The number of thiazole rings is 1. The smallest absolute Gasteiger partial charge is 0.244 e. The number of rotatable bonds is 7. The highest BCUT2D eigenvalue weighted by Crippen LogP contribution is 2.17. The zero-order valence-corrected chi connectivity index (χ0v) is 13.7. The summed E-state index contributed by atoms with van der Waals surface area (Å²) in [5, 5.41) is 5.81. The van der Waals surface area contributed by atoms with Crippen molar-refractivity contribution >= 4 is 23.3 Å². The van der Waals surface area contributed by atoms with E-state index < -0.39 is 0 Å². The number of hydrogen-bond acceptors (Lipinski definition) is 4. The second kappa shape index (κ2) is 8.29. The molecule has 1 aliphatic rings. The summed E-state index contributed by atoms with van der Waals surface area (Å²) in [7, 11) is 0. The van der Waals surface area contributed by atoms with Crippen molar-refractivity contribution in [3.8, 4) is 0 Å². The fourth-order valence-corrected chi connectivity index (χ4v) is 3.28. The van der Waals surface area contributed by atoms with Crippen LogP contribution in [0.5, 0.6) is 0 Å². The number of nitrogens with one attached hydrogen (secondary N) is 1. The van der Waals surface area contributed by atoms with E-state index in [1.54, 1.807) is 18.3 Å². The molecular formula is C16H25N3OS. The van der Waals surface area contributed by atoms with Crippen LogP contribution in [0.4, 0.5) is 0 Å². The van der Waals surface area contributed by atoms with Crippen LogP contribution in [0.25, 0.3) is 6.08 Å². The molecule has 0 saturated carbocycles. The van der Waals surface area contributed by atoms with E-state index in [9.17, 15) is 4.79 Å². The second-order valence-corrected chi connectivity index (χ2v) is 6.90. The van der Waals surface area contributed by atoms with Crippen LogP contribution in [-0.4, -0.2) is 41.5 Å². The third-order valence-electron chi connectivity index (χ3n) is 3.74. The van der Waals surface area contributed by atoms with E-state index >= 15 is 0 Å². The number of carbonyl (C=O) groups excluding carboxylic acids is 1. The van der Waals surface area contributed by atoms with Gasteiger partial charge in [0.15, 0.2) is 0 Å². The Morgan fingerprint density at radius 2 is 2.24 bits per heavy atom. The predicted molar refractivity (Wildman–Crippen MR) is 88.2 cm³/mol. The molecule has 1 unspecified atom stereocenters. The quantitative estimate of drug-likeness (QED) is 0.788. The third kappa shape index (κ3) is 5.59. The topological polar surface area (TPSA) is 45.2 Å². The first kappa shape index (κ1) is 16.2. The minimum atomic E-state index is -0.0295. The van der Waals surface area contributed by atoms with Crippen molar-refractivity contribution < 1.29 is 4.79 Å². The average molecular weight is 307 g/mol. The zero-order chi connectivity index (χ0) is 15.1. The highest BCUT2D eigenvalue weighted by atomic mass is 32.1. The van der Waals surface area contributed by atoms with Crippen LogP contribution in [0.2, 0.25) is 0 Å². The summed E-state index contributed by atoms with van der Waals surface area (Å²) in [5.41, 5.74) is 0. The first-order valence-corrected chi connectivity index (χ1v) is 8.62. The predicted octanol–water partition coefficient (Wildman–Crippen LogP) is 2.78. The maximum absolute atomic E-state index is 11.9. The van der Waals surface area contributed by atoms with Crippen molar-refractivity contribution in [2.24, 2.45) is 5.92 Å². The lowest BCUT2D eigenvalue weighted by atomic mass is 10.0. The van der Waals surface area contributed by atoms with Gasteiger partial charge in [0.25, 0.3) is 0 Å². The van der Waals surface area contributed by atoms with Gasteiger partial charge in [-0.15, -0.1) is 11.3 Å². The summed E-state index contributed by atoms with van der Waals surface area (Å²) >= 11 is 1.53. The average Bonchev–Trinajstić information content (AvgIpc) is 3.12. The summed E-state index contributed by atoms with van der Waals surface area (Å²) in [4.78, 5) is 18.6. The number of amides is 1. The van der Waals surface area contributed by atoms with Gasteiger partial charge in [-0.05, 0) is 44.3 Å². The van der Waals surface area contributed by atoms with E-state index in [-0.39, 0.29) is 5.91 Å². The molecule has 1 atom stereocenters. The van der Waals surface area contributed by atoms with Crippen molar-refractivity contribution in [3.63, 3.8) is 0 Å². The molecular weight excluding hydrogens is 282 g/mol. The Kier molecular flexibility index (Phi) is 6.39. The molecule has 116 valence electrons. The lowest BCUT2D eigenvalue weighted by molar-refractivity contribution is -0.116. The molecule has 0 spiro atoms. The minimum Gasteiger partial charge on any atom is -0.351 e. The van der Waals surface area contributed by atoms with Gasteiger partial charge in [0, 0.05) is 30.2 Å². The van der Waals surface area contributed by atoms with Crippen molar-refractivity contribution in [1.29, 1.82) is 0 Å². The van der Waals surface area contributed by atoms with E-state index in [0.717, 1.165) is 18.0 Å². The molecule has 2 rings (SSSR count). The van der Waals surface area contributed by atoms with Gasteiger partial charge in [-0.2, -0.15) is 0 Å². The standard InChI is InChI=1S/C16H25N3OS/c1-13(2)11-14(19-8-3-4-9-19)12-18-15(20)5-6-16-17-7-10-21-16/h5-7,10,13-14H,3-4,8-9,11-12H2,1-2H3,(H,18,20)/b6-5+. The van der Waals surface area contributed by atoms with Gasteiger partial charge >= 0.3 is 0 Å². The van der Waals surface area contributed by atoms with Gasteiger partial charge in [-0.25, -0.2) is 4.98 Å². The van der Waals surface area contributed by atoms with Gasteiger partial charge in [0.2, 0.25) is 5.91 Å². The number of likely N-dealkylation sites (tertiary alicyclic amines) is 1. The van der Waals surface area contributed by atoms with Gasteiger partial charge < -0.3 is 5.32 Å². The van der Waals surface area contributed by atoms with E-state index in [4.69, 9.17) is 0 Å². The molecule has 1 saturated heterocycles. The van der Waals surface area contributed by atoms with Crippen LogP contribution in [0, 0.1) is 5.92 Å². The molecule has 1 aromatic rings. The summed E-state index contributed by atoms with van der Waals surface area (Å²) in [6.07, 6.45) is 8.80.